The molecule has 0 bridgehead atoms. The topological polar surface area (TPSA) is 9.23 Å². The zero-order valence-corrected chi connectivity index (χ0v) is 10.6. The van der Waals surface area contributed by atoms with Gasteiger partial charge >= 0.3 is 0 Å². The van der Waals surface area contributed by atoms with E-state index in [4.69, 9.17) is 15.8 Å². The van der Waals surface area contributed by atoms with Crippen LogP contribution in [-0.4, -0.2) is 0 Å². The summed E-state index contributed by atoms with van der Waals surface area (Å²) in [6.45, 7) is 2.19. The molecule has 0 fully saturated rings. The molecule has 0 spiro atoms. The predicted octanol–water partition coefficient (Wildman–Crippen LogP) is 4.82. The quantitative estimate of drug-likeness (QED) is 0.429. The van der Waals surface area contributed by atoms with E-state index < -0.39 is 0 Å². The fraction of sp³-hybridized carbons (Fsp3) is 0.500. The van der Waals surface area contributed by atoms with Gasteiger partial charge in [0.05, 0.1) is 6.10 Å². The van der Waals surface area contributed by atoms with Gasteiger partial charge in [0.1, 0.15) is 0 Å². The van der Waals surface area contributed by atoms with Gasteiger partial charge in [0.15, 0.2) is 0 Å². The molecule has 1 rings (SSSR count). The summed E-state index contributed by atoms with van der Waals surface area (Å²) >= 11 is 9.75. The van der Waals surface area contributed by atoms with Crippen LogP contribution in [0.3, 0.4) is 0 Å². The highest BCUT2D eigenvalue weighted by Gasteiger charge is 2.10. The molecule has 1 unspecified atom stereocenters. The number of halogens is 1. The van der Waals surface area contributed by atoms with Gasteiger partial charge in [-0.05, 0) is 37.0 Å². The van der Waals surface area contributed by atoms with E-state index in [9.17, 15) is 0 Å². The lowest BCUT2D eigenvalue weighted by molar-refractivity contribution is 0.234. The average Bonchev–Trinajstić information content (AvgIpc) is 2.26. The summed E-state index contributed by atoms with van der Waals surface area (Å²) in [5.74, 6) is 0. The van der Waals surface area contributed by atoms with Crippen LogP contribution in [0.15, 0.2) is 24.3 Å². The third-order valence-electron chi connectivity index (χ3n) is 2.44. The van der Waals surface area contributed by atoms with Gasteiger partial charge < -0.3 is 4.18 Å². The SMILES string of the molecule is CCCCCC(OS)c1ccc(Cl)cc1. The van der Waals surface area contributed by atoms with E-state index >= 15 is 0 Å². The zero-order valence-electron chi connectivity index (χ0n) is 8.95. The second-order valence-corrected chi connectivity index (χ2v) is 4.29. The monoisotopic (exact) mass is 244 g/mol. The molecule has 0 heterocycles. The summed E-state index contributed by atoms with van der Waals surface area (Å²) in [6, 6.07) is 7.76. The van der Waals surface area contributed by atoms with Crippen molar-refractivity contribution in [3.05, 3.63) is 34.9 Å². The molecule has 0 aliphatic rings. The van der Waals surface area contributed by atoms with E-state index in [1.54, 1.807) is 0 Å². The molecule has 0 aliphatic heterocycles. The highest BCUT2D eigenvalue weighted by Crippen LogP contribution is 2.26. The summed E-state index contributed by atoms with van der Waals surface area (Å²) in [5.41, 5.74) is 1.14. The van der Waals surface area contributed by atoms with Crippen LogP contribution in [-0.2, 0) is 4.18 Å². The first-order valence-electron chi connectivity index (χ1n) is 5.33. The number of rotatable bonds is 6. The van der Waals surface area contributed by atoms with Crippen LogP contribution in [0.25, 0.3) is 0 Å². The summed E-state index contributed by atoms with van der Waals surface area (Å²) in [7, 11) is 0. The zero-order chi connectivity index (χ0) is 11.1. The van der Waals surface area contributed by atoms with Gasteiger partial charge in [-0.15, -0.1) is 0 Å². The predicted molar refractivity (Wildman–Crippen MR) is 68.4 cm³/mol. The summed E-state index contributed by atoms with van der Waals surface area (Å²) < 4.78 is 5.17. The van der Waals surface area contributed by atoms with Crippen molar-refractivity contribution in [2.45, 2.75) is 38.7 Å². The Morgan fingerprint density at radius 2 is 1.93 bits per heavy atom. The average molecular weight is 245 g/mol. The number of thiol groups is 1. The van der Waals surface area contributed by atoms with Gasteiger partial charge in [-0.25, -0.2) is 0 Å². The molecule has 1 aromatic rings. The molecule has 0 radical (unpaired) electrons. The van der Waals surface area contributed by atoms with Crippen LogP contribution in [0.4, 0.5) is 0 Å². The summed E-state index contributed by atoms with van der Waals surface area (Å²) in [4.78, 5) is 0. The van der Waals surface area contributed by atoms with Gasteiger partial charge in [0.2, 0.25) is 0 Å². The van der Waals surface area contributed by atoms with Gasteiger partial charge in [0, 0.05) is 5.02 Å². The van der Waals surface area contributed by atoms with E-state index in [2.05, 4.69) is 19.8 Å². The minimum Gasteiger partial charge on any atom is -0.311 e. The first-order chi connectivity index (χ1) is 7.27. The molecule has 0 saturated carbocycles. The molecule has 1 nitrogen and oxygen atoms in total. The maximum atomic E-state index is 5.83. The minimum absolute atomic E-state index is 0.0807. The van der Waals surface area contributed by atoms with E-state index in [0.29, 0.717) is 0 Å². The number of benzene rings is 1. The van der Waals surface area contributed by atoms with Gasteiger partial charge in [-0.1, -0.05) is 49.9 Å². The third kappa shape index (κ3) is 4.45. The molecule has 0 aromatic heterocycles. The van der Waals surface area contributed by atoms with Crippen LogP contribution < -0.4 is 0 Å². The van der Waals surface area contributed by atoms with Gasteiger partial charge in [-0.3, -0.25) is 0 Å². The molecule has 1 atom stereocenters. The summed E-state index contributed by atoms with van der Waals surface area (Å²) in [6.07, 6.45) is 4.72. The number of hydrogen-bond donors (Lipinski definition) is 1. The largest absolute Gasteiger partial charge is 0.311 e. The van der Waals surface area contributed by atoms with Crippen molar-refractivity contribution in [1.82, 2.24) is 0 Å². The highest BCUT2D eigenvalue weighted by molar-refractivity contribution is 7.75. The van der Waals surface area contributed by atoms with E-state index in [1.807, 2.05) is 24.3 Å². The molecule has 3 heteroatoms. The lowest BCUT2D eigenvalue weighted by Crippen LogP contribution is -1.98. The highest BCUT2D eigenvalue weighted by atomic mass is 35.5. The van der Waals surface area contributed by atoms with Crippen molar-refractivity contribution in [2.75, 3.05) is 0 Å². The number of unbranched alkanes of at least 4 members (excludes halogenated alkanes) is 2. The van der Waals surface area contributed by atoms with Crippen LogP contribution in [0.2, 0.25) is 5.02 Å². The molecule has 84 valence electrons. The number of hydrogen-bond acceptors (Lipinski definition) is 2. The second kappa shape index (κ2) is 7.15. The Bertz CT molecular complexity index is 273. The Balaban J connectivity index is 2.53. The Morgan fingerprint density at radius 1 is 1.27 bits per heavy atom. The van der Waals surface area contributed by atoms with Gasteiger partial charge in [-0.2, -0.15) is 0 Å². The lowest BCUT2D eigenvalue weighted by atomic mass is 10.0. The second-order valence-electron chi connectivity index (χ2n) is 3.64. The van der Waals surface area contributed by atoms with Crippen LogP contribution in [0.5, 0.6) is 0 Å². The molecule has 1 aromatic carbocycles. The normalized spacial score (nSPS) is 12.7. The Labute approximate surface area is 102 Å². The maximum absolute atomic E-state index is 5.83. The van der Waals surface area contributed by atoms with Crippen LogP contribution in [0, 0.1) is 0 Å². The summed E-state index contributed by atoms with van der Waals surface area (Å²) in [5, 5.41) is 0.755. The first-order valence-corrected chi connectivity index (χ1v) is 6.08. The molecular weight excluding hydrogens is 228 g/mol. The van der Waals surface area contributed by atoms with Crippen molar-refractivity contribution >= 4 is 24.5 Å². The van der Waals surface area contributed by atoms with E-state index in [1.165, 1.54) is 19.3 Å². The van der Waals surface area contributed by atoms with Crippen molar-refractivity contribution < 1.29 is 4.18 Å². The lowest BCUT2D eigenvalue weighted by Gasteiger charge is -2.14. The van der Waals surface area contributed by atoms with E-state index in [-0.39, 0.29) is 6.10 Å². The smallest absolute Gasteiger partial charge is 0.0968 e. The first kappa shape index (κ1) is 12.9. The third-order valence-corrected chi connectivity index (χ3v) is 2.95. The molecule has 0 amide bonds. The fourth-order valence-electron chi connectivity index (χ4n) is 1.54. The van der Waals surface area contributed by atoms with Crippen LogP contribution in [0.1, 0.15) is 44.3 Å². The van der Waals surface area contributed by atoms with Crippen molar-refractivity contribution in [2.24, 2.45) is 0 Å². The van der Waals surface area contributed by atoms with Crippen LogP contribution >= 0.6 is 24.5 Å². The standard InChI is InChI=1S/C12H17ClOS/c1-2-3-4-5-12(14-15)10-6-8-11(13)9-7-10/h6-9,12,15H,2-5H2,1H3. The molecule has 15 heavy (non-hydrogen) atoms. The maximum Gasteiger partial charge on any atom is 0.0968 e. The Hall–Kier alpha value is -0.180. The van der Waals surface area contributed by atoms with Crippen molar-refractivity contribution in [3.8, 4) is 0 Å². The Morgan fingerprint density at radius 3 is 2.47 bits per heavy atom. The van der Waals surface area contributed by atoms with E-state index in [0.717, 1.165) is 17.0 Å². The minimum atomic E-state index is 0.0807. The van der Waals surface area contributed by atoms with Gasteiger partial charge in [0.25, 0.3) is 0 Å². The fourth-order valence-corrected chi connectivity index (χ4v) is 1.89. The van der Waals surface area contributed by atoms with Crippen molar-refractivity contribution in [1.29, 1.82) is 0 Å². The Kier molecular flexibility index (Phi) is 6.15. The molecule has 0 aliphatic carbocycles. The van der Waals surface area contributed by atoms with Crippen molar-refractivity contribution in [3.63, 3.8) is 0 Å². The molecule has 0 saturated heterocycles. The molecule has 0 N–H and O–H groups in total. The molecular formula is C12H17ClOS.